The number of hydrogen-bond acceptors (Lipinski definition) is 5. The largest absolute Gasteiger partial charge is 0.393 e. The zero-order valence-electron chi connectivity index (χ0n) is 14.5. The van der Waals surface area contributed by atoms with Crippen molar-refractivity contribution in [2.75, 3.05) is 18.0 Å². The lowest BCUT2D eigenvalue weighted by Crippen LogP contribution is -2.36. The molecule has 7 heteroatoms. The highest BCUT2D eigenvalue weighted by atomic mass is 32.2. The van der Waals surface area contributed by atoms with Gasteiger partial charge < -0.3 is 10.0 Å². The summed E-state index contributed by atoms with van der Waals surface area (Å²) in [6.45, 7) is 1.18. The zero-order chi connectivity index (χ0) is 19.0. The number of nitrogens with zero attached hydrogens (tertiary/aromatic N) is 2. The van der Waals surface area contributed by atoms with E-state index in [1.165, 1.54) is 24.4 Å². The summed E-state index contributed by atoms with van der Waals surface area (Å²) in [4.78, 5) is 6.23. The molecular weight excluding hydrogens is 367 g/mol. The Balaban J connectivity index is 1.79. The number of aliphatic hydroxyl groups is 1. The van der Waals surface area contributed by atoms with Gasteiger partial charge in [0.05, 0.1) is 21.6 Å². The lowest BCUT2D eigenvalue weighted by Gasteiger charge is -2.32. The monoisotopic (exact) mass is 386 g/mol. The van der Waals surface area contributed by atoms with Crippen molar-refractivity contribution < 1.29 is 17.9 Å². The fourth-order valence-corrected chi connectivity index (χ4v) is 4.89. The van der Waals surface area contributed by atoms with Crippen LogP contribution >= 0.6 is 0 Å². The highest BCUT2D eigenvalue weighted by molar-refractivity contribution is 7.91. The average molecular weight is 386 g/mol. The zero-order valence-corrected chi connectivity index (χ0v) is 15.4. The van der Waals surface area contributed by atoms with Gasteiger partial charge >= 0.3 is 0 Å². The third-order valence-corrected chi connectivity index (χ3v) is 6.68. The number of hydrogen-bond donors (Lipinski definition) is 1. The Morgan fingerprint density at radius 1 is 1.07 bits per heavy atom. The maximum atomic E-state index is 13.8. The maximum Gasteiger partial charge on any atom is 0.210 e. The fraction of sp³-hybridized carbons (Fsp3) is 0.250. The molecule has 2 heterocycles. The van der Waals surface area contributed by atoms with Gasteiger partial charge in [0.2, 0.25) is 9.84 Å². The minimum Gasteiger partial charge on any atom is -0.393 e. The summed E-state index contributed by atoms with van der Waals surface area (Å²) in [5.74, 6) is -0.483. The summed E-state index contributed by atoms with van der Waals surface area (Å²) in [7, 11) is -3.83. The van der Waals surface area contributed by atoms with Crippen molar-refractivity contribution in [2.24, 2.45) is 0 Å². The topological polar surface area (TPSA) is 70.5 Å². The van der Waals surface area contributed by atoms with Crippen LogP contribution in [0.15, 0.2) is 64.5 Å². The molecule has 0 saturated carbocycles. The molecule has 1 aliphatic rings. The second-order valence-corrected chi connectivity index (χ2v) is 8.59. The summed E-state index contributed by atoms with van der Waals surface area (Å²) in [6.07, 6.45) is 2.07. The number of aliphatic hydroxyl groups excluding tert-OH is 1. The van der Waals surface area contributed by atoms with E-state index in [1.54, 1.807) is 30.3 Å². The first kappa shape index (κ1) is 17.9. The van der Waals surface area contributed by atoms with Gasteiger partial charge in [-0.15, -0.1) is 0 Å². The lowest BCUT2D eigenvalue weighted by molar-refractivity contribution is 0.145. The number of sulfone groups is 1. The molecule has 1 saturated heterocycles. The van der Waals surface area contributed by atoms with E-state index in [4.69, 9.17) is 0 Å². The number of anilines is 1. The van der Waals surface area contributed by atoms with E-state index in [-0.39, 0.29) is 21.4 Å². The first-order chi connectivity index (χ1) is 13.0. The standard InChI is InChI=1S/C20H19FN2O3S/c21-17-5-3-4-14-12-16(13-22-20(14)17)27(25,26)19-7-2-1-6-18(19)23-10-8-15(24)9-11-23/h1-7,12-13,15,24H,8-11H2. The van der Waals surface area contributed by atoms with Crippen molar-refractivity contribution in [3.8, 4) is 0 Å². The summed E-state index contributed by atoms with van der Waals surface area (Å²) in [6, 6.07) is 12.8. The minimum atomic E-state index is -3.83. The molecule has 3 aromatic rings. The first-order valence-corrected chi connectivity index (χ1v) is 10.3. The SMILES string of the molecule is O=S(=O)(c1cnc2c(F)cccc2c1)c1ccccc1N1CCC(O)CC1. The predicted octanol–water partition coefficient (Wildman–Crippen LogP) is 3.17. The Kier molecular flexibility index (Phi) is 4.57. The van der Waals surface area contributed by atoms with Crippen LogP contribution in [0.4, 0.5) is 10.1 Å². The molecule has 4 rings (SSSR count). The van der Waals surface area contributed by atoms with Gasteiger partial charge in [0.15, 0.2) is 0 Å². The molecule has 27 heavy (non-hydrogen) atoms. The Morgan fingerprint density at radius 3 is 2.59 bits per heavy atom. The molecule has 1 aromatic heterocycles. The third kappa shape index (κ3) is 3.28. The smallest absolute Gasteiger partial charge is 0.210 e. The molecule has 140 valence electrons. The van der Waals surface area contributed by atoms with Crippen LogP contribution in [0, 0.1) is 5.82 Å². The van der Waals surface area contributed by atoms with Gasteiger partial charge in [-0.3, -0.25) is 4.98 Å². The Morgan fingerprint density at radius 2 is 1.81 bits per heavy atom. The predicted molar refractivity (Wildman–Crippen MR) is 101 cm³/mol. The van der Waals surface area contributed by atoms with Crippen molar-refractivity contribution >= 4 is 26.4 Å². The van der Waals surface area contributed by atoms with E-state index in [1.807, 2.05) is 4.90 Å². The molecule has 0 aliphatic carbocycles. The van der Waals surface area contributed by atoms with E-state index in [0.29, 0.717) is 37.0 Å². The second kappa shape index (κ2) is 6.90. The van der Waals surface area contributed by atoms with Gasteiger partial charge in [0, 0.05) is 24.7 Å². The number of rotatable bonds is 3. The van der Waals surface area contributed by atoms with Gasteiger partial charge in [-0.2, -0.15) is 0 Å². The molecule has 2 aromatic carbocycles. The molecule has 0 bridgehead atoms. The van der Waals surface area contributed by atoms with E-state index < -0.39 is 15.7 Å². The highest BCUT2D eigenvalue weighted by Gasteiger charge is 2.26. The number of halogens is 1. The quantitative estimate of drug-likeness (QED) is 0.749. The number of benzene rings is 2. The number of pyridine rings is 1. The molecule has 1 N–H and O–H groups in total. The second-order valence-electron chi connectivity index (χ2n) is 6.67. The number of fused-ring (bicyclic) bond motifs is 1. The highest BCUT2D eigenvalue weighted by Crippen LogP contribution is 2.32. The van der Waals surface area contributed by atoms with Gasteiger partial charge in [0.25, 0.3) is 0 Å². The van der Waals surface area contributed by atoms with Gasteiger partial charge in [-0.05, 0) is 37.1 Å². The molecular formula is C20H19FN2O3S. The van der Waals surface area contributed by atoms with Crippen LogP contribution in [0.2, 0.25) is 0 Å². The summed E-state index contributed by atoms with van der Waals surface area (Å²) < 4.78 is 40.4. The number of para-hydroxylation sites is 2. The molecule has 1 aliphatic heterocycles. The van der Waals surface area contributed by atoms with Crippen molar-refractivity contribution in [2.45, 2.75) is 28.7 Å². The van der Waals surface area contributed by atoms with Crippen LogP contribution in [0.5, 0.6) is 0 Å². The molecule has 0 spiro atoms. The van der Waals surface area contributed by atoms with Crippen molar-refractivity contribution in [1.82, 2.24) is 4.98 Å². The fourth-order valence-electron chi connectivity index (χ4n) is 3.43. The Hall–Kier alpha value is -2.51. The third-order valence-electron chi connectivity index (χ3n) is 4.91. The summed E-state index contributed by atoms with van der Waals surface area (Å²) in [5, 5.41) is 10.2. The van der Waals surface area contributed by atoms with E-state index in [0.717, 1.165) is 0 Å². The van der Waals surface area contributed by atoms with Gasteiger partial charge in [0.1, 0.15) is 11.3 Å². The molecule has 0 radical (unpaired) electrons. The minimum absolute atomic E-state index is 0.0325. The maximum absolute atomic E-state index is 13.8. The summed E-state index contributed by atoms with van der Waals surface area (Å²) in [5.41, 5.74) is 0.762. The van der Waals surface area contributed by atoms with Crippen molar-refractivity contribution in [3.63, 3.8) is 0 Å². The van der Waals surface area contributed by atoms with Crippen LogP contribution in [0.3, 0.4) is 0 Å². The van der Waals surface area contributed by atoms with Crippen molar-refractivity contribution in [3.05, 3.63) is 60.5 Å². The first-order valence-electron chi connectivity index (χ1n) is 8.78. The lowest BCUT2D eigenvalue weighted by atomic mass is 10.1. The van der Waals surface area contributed by atoms with Gasteiger partial charge in [-0.1, -0.05) is 24.3 Å². The molecule has 1 fully saturated rings. The number of piperidine rings is 1. The van der Waals surface area contributed by atoms with E-state index >= 15 is 0 Å². The normalized spacial score (nSPS) is 16.0. The number of aromatic nitrogens is 1. The van der Waals surface area contributed by atoms with Crippen LogP contribution in [0.25, 0.3) is 10.9 Å². The van der Waals surface area contributed by atoms with Gasteiger partial charge in [-0.25, -0.2) is 12.8 Å². The molecule has 5 nitrogen and oxygen atoms in total. The Labute approximate surface area is 157 Å². The van der Waals surface area contributed by atoms with Crippen LogP contribution < -0.4 is 4.90 Å². The van der Waals surface area contributed by atoms with E-state index in [2.05, 4.69) is 4.98 Å². The Bertz CT molecular complexity index is 1090. The molecule has 0 atom stereocenters. The molecule has 0 amide bonds. The summed E-state index contributed by atoms with van der Waals surface area (Å²) >= 11 is 0. The van der Waals surface area contributed by atoms with Crippen LogP contribution in [0.1, 0.15) is 12.8 Å². The van der Waals surface area contributed by atoms with Crippen LogP contribution in [-0.4, -0.2) is 37.7 Å². The van der Waals surface area contributed by atoms with Crippen LogP contribution in [-0.2, 0) is 9.84 Å². The average Bonchev–Trinajstić information content (AvgIpc) is 2.68. The van der Waals surface area contributed by atoms with E-state index in [9.17, 15) is 17.9 Å². The molecule has 0 unspecified atom stereocenters. The van der Waals surface area contributed by atoms with Crippen molar-refractivity contribution in [1.29, 1.82) is 0 Å².